The molecule has 3 amide bonds. The van der Waals surface area contributed by atoms with Crippen molar-refractivity contribution in [2.75, 3.05) is 25.0 Å². The van der Waals surface area contributed by atoms with E-state index in [-0.39, 0.29) is 47.4 Å². The number of aromatic nitrogens is 1. The van der Waals surface area contributed by atoms with Crippen LogP contribution in [0.15, 0.2) is 36.5 Å². The van der Waals surface area contributed by atoms with Crippen LogP contribution in [0.2, 0.25) is 10.0 Å². The van der Waals surface area contributed by atoms with Crippen LogP contribution in [0.25, 0.3) is 0 Å². The summed E-state index contributed by atoms with van der Waals surface area (Å²) in [5.74, 6) is -0.996. The van der Waals surface area contributed by atoms with Crippen LogP contribution < -0.4 is 20.7 Å². The number of pyridine rings is 1. The van der Waals surface area contributed by atoms with Crippen molar-refractivity contribution in [1.29, 1.82) is 0 Å². The van der Waals surface area contributed by atoms with E-state index < -0.39 is 12.1 Å². The molecule has 0 radical (unpaired) electrons. The van der Waals surface area contributed by atoms with Crippen molar-refractivity contribution in [2.45, 2.75) is 44.9 Å². The number of carbonyl (C=O) groups is 3. The molecule has 4 N–H and O–H groups in total. The van der Waals surface area contributed by atoms with E-state index in [1.165, 1.54) is 12.3 Å². The number of urea groups is 1. The summed E-state index contributed by atoms with van der Waals surface area (Å²) in [5, 5.41) is 18.1. The first kappa shape index (κ1) is 27.0. The quantitative estimate of drug-likeness (QED) is 0.356. The van der Waals surface area contributed by atoms with Gasteiger partial charge in [-0.05, 0) is 48.4 Å². The molecule has 1 spiro atoms. The summed E-state index contributed by atoms with van der Waals surface area (Å²) >= 11 is 11.9. The molecule has 0 bridgehead atoms. The monoisotopic (exact) mass is 549 g/mol. The Labute approximate surface area is 224 Å². The van der Waals surface area contributed by atoms with Crippen LogP contribution in [0.4, 0.5) is 10.5 Å². The fraction of sp³-hybridized carbons (Fsp3) is 0.440. The smallest absolute Gasteiger partial charge is 0.319 e. The Kier molecular flexibility index (Phi) is 8.41. The summed E-state index contributed by atoms with van der Waals surface area (Å²) in [6.45, 7) is 3.66. The number of benzene rings is 1. The maximum atomic E-state index is 12.7. The first-order valence-electron chi connectivity index (χ1n) is 12.0. The van der Waals surface area contributed by atoms with Crippen molar-refractivity contribution in [3.8, 4) is 5.88 Å². The fourth-order valence-electron chi connectivity index (χ4n) is 4.91. The third-order valence-corrected chi connectivity index (χ3v) is 6.99. The van der Waals surface area contributed by atoms with Gasteiger partial charge in [0.25, 0.3) is 5.91 Å². The Morgan fingerprint density at radius 1 is 1.24 bits per heavy atom. The molecule has 2 fully saturated rings. The van der Waals surface area contributed by atoms with Gasteiger partial charge in [0.05, 0.1) is 11.6 Å². The number of hydrogen-bond donors (Lipinski definition) is 4. The Balaban J connectivity index is 1.21. The lowest BCUT2D eigenvalue weighted by Gasteiger charge is -2.58. The number of carboxylic acid groups (broad SMARTS) is 1. The van der Waals surface area contributed by atoms with Gasteiger partial charge in [-0.2, -0.15) is 0 Å². The van der Waals surface area contributed by atoms with Crippen molar-refractivity contribution < 1.29 is 24.2 Å². The Morgan fingerprint density at radius 2 is 2.00 bits per heavy atom. The SMILES string of the molecule is CCC(Oc1ncc(Cl)cc1Cl)C(=O)NCc1cccc(NC(=O)NC2CC3(C2)CN(CC(=O)O)C3)c1. The van der Waals surface area contributed by atoms with Crippen LogP contribution in [0.5, 0.6) is 5.88 Å². The molecule has 2 aliphatic rings. The molecular weight excluding hydrogens is 521 g/mol. The first-order chi connectivity index (χ1) is 17.6. The summed E-state index contributed by atoms with van der Waals surface area (Å²) in [6.07, 6.45) is 2.72. The minimum absolute atomic E-state index is 0.0666. The van der Waals surface area contributed by atoms with Crippen molar-refractivity contribution in [2.24, 2.45) is 5.41 Å². The number of rotatable bonds is 10. The molecule has 37 heavy (non-hydrogen) atoms. The van der Waals surface area contributed by atoms with E-state index in [0.29, 0.717) is 17.1 Å². The summed E-state index contributed by atoms with van der Waals surface area (Å²) in [7, 11) is 0. The zero-order valence-corrected chi connectivity index (χ0v) is 21.8. The first-order valence-corrected chi connectivity index (χ1v) is 12.8. The minimum Gasteiger partial charge on any atom is -0.480 e. The van der Waals surface area contributed by atoms with Gasteiger partial charge in [-0.15, -0.1) is 0 Å². The highest BCUT2D eigenvalue weighted by Crippen LogP contribution is 2.48. The van der Waals surface area contributed by atoms with Crippen molar-refractivity contribution >= 4 is 46.8 Å². The van der Waals surface area contributed by atoms with Crippen LogP contribution in [0.1, 0.15) is 31.7 Å². The van der Waals surface area contributed by atoms with E-state index in [4.69, 9.17) is 33.0 Å². The molecule has 1 saturated carbocycles. The molecule has 1 unspecified atom stereocenters. The van der Waals surface area contributed by atoms with Crippen LogP contribution in [0, 0.1) is 5.41 Å². The van der Waals surface area contributed by atoms with Crippen LogP contribution in [-0.2, 0) is 16.1 Å². The third kappa shape index (κ3) is 7.03. The lowest BCUT2D eigenvalue weighted by atomic mass is 9.60. The number of likely N-dealkylation sites (tertiary alicyclic amines) is 1. The van der Waals surface area contributed by atoms with Crippen molar-refractivity contribution in [3.63, 3.8) is 0 Å². The summed E-state index contributed by atoms with van der Waals surface area (Å²) < 4.78 is 5.67. The molecule has 1 atom stereocenters. The number of hydrogen-bond acceptors (Lipinski definition) is 6. The second-order valence-electron chi connectivity index (χ2n) is 9.62. The predicted molar refractivity (Wildman–Crippen MR) is 139 cm³/mol. The highest BCUT2D eigenvalue weighted by atomic mass is 35.5. The molecule has 2 aromatic rings. The Bertz CT molecular complexity index is 1170. The average Bonchev–Trinajstić information content (AvgIpc) is 2.79. The minimum atomic E-state index is -0.816. The van der Waals surface area contributed by atoms with Gasteiger partial charge in [-0.1, -0.05) is 42.3 Å². The number of nitrogens with zero attached hydrogens (tertiary/aromatic N) is 2. The van der Waals surface area contributed by atoms with Gasteiger partial charge >= 0.3 is 12.0 Å². The molecule has 1 aromatic heterocycles. The molecule has 1 saturated heterocycles. The van der Waals surface area contributed by atoms with Gasteiger partial charge in [0.15, 0.2) is 6.10 Å². The second-order valence-corrected chi connectivity index (χ2v) is 10.5. The third-order valence-electron chi connectivity index (χ3n) is 6.51. The van der Waals surface area contributed by atoms with E-state index >= 15 is 0 Å². The number of aliphatic carboxylic acids is 1. The zero-order valence-electron chi connectivity index (χ0n) is 20.3. The Morgan fingerprint density at radius 3 is 2.68 bits per heavy atom. The maximum Gasteiger partial charge on any atom is 0.319 e. The number of carboxylic acids is 1. The summed E-state index contributed by atoms with van der Waals surface area (Å²) in [6, 6.07) is 8.48. The van der Waals surface area contributed by atoms with Crippen molar-refractivity contribution in [1.82, 2.24) is 20.5 Å². The number of ether oxygens (including phenoxy) is 1. The fourth-order valence-corrected chi connectivity index (χ4v) is 5.34. The van der Waals surface area contributed by atoms with Crippen molar-refractivity contribution in [3.05, 3.63) is 52.1 Å². The molecule has 1 aliphatic heterocycles. The Hall–Kier alpha value is -3.08. The molecule has 198 valence electrons. The normalized spacial score (nSPS) is 17.3. The molecule has 1 aromatic carbocycles. The summed E-state index contributed by atoms with van der Waals surface area (Å²) in [5.41, 5.74) is 1.55. The number of amides is 3. The highest BCUT2D eigenvalue weighted by Gasteiger charge is 2.52. The molecule has 1 aliphatic carbocycles. The average molecular weight is 550 g/mol. The lowest BCUT2D eigenvalue weighted by molar-refractivity contribution is -0.145. The number of carbonyl (C=O) groups excluding carboxylic acids is 2. The predicted octanol–water partition coefficient (Wildman–Crippen LogP) is 3.53. The molecule has 2 heterocycles. The largest absolute Gasteiger partial charge is 0.480 e. The van der Waals surface area contributed by atoms with Gasteiger partial charge in [-0.3, -0.25) is 14.5 Å². The van der Waals surface area contributed by atoms with Gasteiger partial charge in [-0.25, -0.2) is 9.78 Å². The highest BCUT2D eigenvalue weighted by molar-refractivity contribution is 6.35. The second kappa shape index (κ2) is 11.5. The van der Waals surface area contributed by atoms with E-state index in [2.05, 4.69) is 20.9 Å². The molecule has 12 heteroatoms. The van der Waals surface area contributed by atoms with Crippen LogP contribution >= 0.6 is 23.2 Å². The molecular formula is C25H29Cl2N5O5. The van der Waals surface area contributed by atoms with E-state index in [9.17, 15) is 14.4 Å². The lowest BCUT2D eigenvalue weighted by Crippen LogP contribution is -2.67. The molecule has 10 nitrogen and oxygen atoms in total. The van der Waals surface area contributed by atoms with Crippen LogP contribution in [0.3, 0.4) is 0 Å². The number of anilines is 1. The van der Waals surface area contributed by atoms with E-state index in [0.717, 1.165) is 31.5 Å². The van der Waals surface area contributed by atoms with Gasteiger partial charge < -0.3 is 25.8 Å². The van der Waals surface area contributed by atoms with Gasteiger partial charge in [0.1, 0.15) is 5.02 Å². The number of nitrogens with one attached hydrogen (secondary N) is 3. The van der Waals surface area contributed by atoms with Crippen LogP contribution in [-0.4, -0.2) is 64.7 Å². The van der Waals surface area contributed by atoms with E-state index in [1.807, 2.05) is 17.9 Å². The topological polar surface area (TPSA) is 133 Å². The standard InChI is InChI=1S/C25H29Cl2N5O5/c1-2-20(37-23-19(27)7-16(26)11-29-23)22(35)28-10-15-4-3-5-17(6-15)30-24(36)31-18-8-25(9-18)13-32(14-25)12-21(33)34/h3-7,11,18,20H,2,8-10,12-14H2,1H3,(H,28,35)(H,33,34)(H2,30,31,36). The zero-order chi connectivity index (χ0) is 26.6. The van der Waals surface area contributed by atoms with Gasteiger partial charge in [0, 0.05) is 37.6 Å². The maximum absolute atomic E-state index is 12.7. The summed E-state index contributed by atoms with van der Waals surface area (Å²) in [4.78, 5) is 41.8. The van der Waals surface area contributed by atoms with E-state index in [1.54, 1.807) is 18.2 Å². The molecule has 4 rings (SSSR count). The van der Waals surface area contributed by atoms with Gasteiger partial charge in [0.2, 0.25) is 5.88 Å². The number of halogens is 2.